The largest absolute Gasteiger partial charge is 0.489 e. The highest BCUT2D eigenvalue weighted by atomic mass is 35.5. The van der Waals surface area contributed by atoms with Crippen LogP contribution in [0.3, 0.4) is 0 Å². The van der Waals surface area contributed by atoms with E-state index in [1.807, 2.05) is 30.3 Å². The van der Waals surface area contributed by atoms with Crippen LogP contribution in [0.15, 0.2) is 101 Å². The lowest BCUT2D eigenvalue weighted by molar-refractivity contribution is -0.138. The van der Waals surface area contributed by atoms with Crippen LogP contribution in [-0.4, -0.2) is 23.8 Å². The van der Waals surface area contributed by atoms with Crippen molar-refractivity contribution in [3.05, 3.63) is 138 Å². The van der Waals surface area contributed by atoms with Gasteiger partial charge in [0.15, 0.2) is 4.80 Å². The minimum atomic E-state index is -0.899. The summed E-state index contributed by atoms with van der Waals surface area (Å²) >= 11 is 7.43. The van der Waals surface area contributed by atoms with Gasteiger partial charge in [-0.25, -0.2) is 14.2 Å². The van der Waals surface area contributed by atoms with Crippen LogP contribution in [0.25, 0.3) is 11.8 Å². The molecule has 1 aliphatic heterocycles. The Hall–Kier alpha value is -4.27. The Morgan fingerprint density at radius 2 is 1.90 bits per heavy atom. The molecule has 1 aliphatic rings. The summed E-state index contributed by atoms with van der Waals surface area (Å²) in [5, 5.41) is 0.477. The highest BCUT2D eigenvalue weighted by Gasteiger charge is 2.35. The molecule has 0 saturated heterocycles. The lowest BCUT2D eigenvalue weighted by Crippen LogP contribution is -2.40. The number of hydrogen-bond acceptors (Lipinski definition) is 6. The molecule has 202 valence electrons. The molecule has 3 aromatic carbocycles. The second-order valence-electron chi connectivity index (χ2n) is 8.76. The molecule has 40 heavy (non-hydrogen) atoms. The molecule has 0 bridgehead atoms. The fourth-order valence-corrected chi connectivity index (χ4v) is 5.63. The van der Waals surface area contributed by atoms with E-state index in [4.69, 9.17) is 26.1 Å². The number of thiazole rings is 1. The van der Waals surface area contributed by atoms with Gasteiger partial charge in [-0.05, 0) is 48.9 Å². The van der Waals surface area contributed by atoms with Crippen molar-refractivity contribution in [2.75, 3.05) is 13.2 Å². The van der Waals surface area contributed by atoms with E-state index in [9.17, 15) is 14.0 Å². The average Bonchev–Trinajstić information content (AvgIpc) is 3.27. The number of nitrogens with zero attached hydrogens (tertiary/aromatic N) is 2. The van der Waals surface area contributed by atoms with Crippen molar-refractivity contribution in [3.63, 3.8) is 0 Å². The highest BCUT2D eigenvalue weighted by molar-refractivity contribution is 7.07. The second kappa shape index (κ2) is 11.9. The monoisotopic (exact) mass is 574 g/mol. The van der Waals surface area contributed by atoms with Gasteiger partial charge in [0.05, 0.1) is 28.5 Å². The average molecular weight is 575 g/mol. The van der Waals surface area contributed by atoms with Crippen molar-refractivity contribution < 1.29 is 18.7 Å². The standard InChI is InChI=1S/C31H24ClFN2O4S/c1-3-16-39-24-15-12-22(32)17-21(24)18-25-29(36)35-28(20-10-13-23(33)14-11-20)26(30(37)38-4-2)27(34-31(35)40-25)19-8-6-5-7-9-19/h3,5-15,17-18,28H,1,4,16H2,2H3/b25-18-/t28-/m1/s1. The molecule has 9 heteroatoms. The van der Waals surface area contributed by atoms with E-state index >= 15 is 0 Å². The Morgan fingerprint density at radius 3 is 2.60 bits per heavy atom. The van der Waals surface area contributed by atoms with Crippen molar-refractivity contribution in [1.82, 2.24) is 4.57 Å². The molecule has 0 unspecified atom stereocenters. The third-order valence-corrected chi connectivity index (χ3v) is 7.39. The Bertz CT molecular complexity index is 1790. The van der Waals surface area contributed by atoms with Gasteiger partial charge in [0.1, 0.15) is 18.2 Å². The third-order valence-electron chi connectivity index (χ3n) is 6.17. The summed E-state index contributed by atoms with van der Waals surface area (Å²) in [5.74, 6) is -0.514. The lowest BCUT2D eigenvalue weighted by Gasteiger charge is -2.25. The maximum atomic E-state index is 14.0. The minimum absolute atomic E-state index is 0.132. The summed E-state index contributed by atoms with van der Waals surface area (Å²) in [5.41, 5.74) is 2.03. The number of benzene rings is 3. The van der Waals surface area contributed by atoms with Crippen LogP contribution < -0.4 is 19.6 Å². The number of fused-ring (bicyclic) bond motifs is 1. The SMILES string of the molecule is C=CCOc1ccc(Cl)cc1/C=c1\sc2n(c1=O)[C@H](c1ccc(F)cc1)C(C(=O)OCC)=C(c1ccccc1)N=2. The number of hydrogen-bond donors (Lipinski definition) is 0. The topological polar surface area (TPSA) is 69.9 Å². The Labute approximate surface area is 238 Å². The number of aromatic nitrogens is 1. The smallest absolute Gasteiger partial charge is 0.338 e. The van der Waals surface area contributed by atoms with Gasteiger partial charge in [-0.1, -0.05) is 78.1 Å². The van der Waals surface area contributed by atoms with Gasteiger partial charge in [0.2, 0.25) is 0 Å². The predicted molar refractivity (Wildman–Crippen MR) is 155 cm³/mol. The predicted octanol–water partition coefficient (Wildman–Crippen LogP) is 5.29. The molecule has 0 aliphatic carbocycles. The Balaban J connectivity index is 1.81. The first-order chi connectivity index (χ1) is 19.4. The van der Waals surface area contributed by atoms with Crippen molar-refractivity contribution in [1.29, 1.82) is 0 Å². The lowest BCUT2D eigenvalue weighted by atomic mass is 9.93. The van der Waals surface area contributed by atoms with Gasteiger partial charge in [-0.15, -0.1) is 0 Å². The summed E-state index contributed by atoms with van der Waals surface area (Å²) in [6.07, 6.45) is 3.31. The van der Waals surface area contributed by atoms with Gasteiger partial charge < -0.3 is 9.47 Å². The van der Waals surface area contributed by atoms with Gasteiger partial charge in [0.25, 0.3) is 5.56 Å². The van der Waals surface area contributed by atoms with E-state index in [0.717, 1.165) is 0 Å². The van der Waals surface area contributed by atoms with E-state index in [1.54, 1.807) is 49.4 Å². The molecule has 1 aromatic heterocycles. The van der Waals surface area contributed by atoms with Gasteiger partial charge in [-0.2, -0.15) is 0 Å². The molecule has 0 amide bonds. The van der Waals surface area contributed by atoms with E-state index in [0.29, 0.717) is 42.5 Å². The summed E-state index contributed by atoms with van der Waals surface area (Å²) in [4.78, 5) is 32.6. The maximum absolute atomic E-state index is 14.0. The summed E-state index contributed by atoms with van der Waals surface area (Å²) in [6.45, 7) is 5.80. The van der Waals surface area contributed by atoms with Crippen LogP contribution in [0.1, 0.15) is 29.7 Å². The van der Waals surface area contributed by atoms with Crippen LogP contribution in [0.4, 0.5) is 4.39 Å². The molecule has 0 radical (unpaired) electrons. The number of esters is 1. The fraction of sp³-hybridized carbons (Fsp3) is 0.129. The summed E-state index contributed by atoms with van der Waals surface area (Å²) in [7, 11) is 0. The minimum Gasteiger partial charge on any atom is -0.489 e. The molecule has 0 saturated carbocycles. The normalized spacial score (nSPS) is 14.9. The Kier molecular flexibility index (Phi) is 8.09. The van der Waals surface area contributed by atoms with Crippen LogP contribution in [0.5, 0.6) is 5.75 Å². The second-order valence-corrected chi connectivity index (χ2v) is 10.2. The fourth-order valence-electron chi connectivity index (χ4n) is 4.45. The Morgan fingerprint density at radius 1 is 1.15 bits per heavy atom. The molecule has 0 fully saturated rings. The van der Waals surface area contributed by atoms with E-state index < -0.39 is 17.8 Å². The molecule has 4 aromatic rings. The number of ether oxygens (including phenoxy) is 2. The summed E-state index contributed by atoms with van der Waals surface area (Å²) < 4.78 is 27.0. The van der Waals surface area contributed by atoms with Gasteiger partial charge in [-0.3, -0.25) is 9.36 Å². The molecule has 1 atom stereocenters. The molecule has 0 spiro atoms. The molecule has 2 heterocycles. The van der Waals surface area contributed by atoms with Crippen LogP contribution in [0, 0.1) is 5.82 Å². The zero-order valence-corrected chi connectivity index (χ0v) is 23.0. The zero-order valence-electron chi connectivity index (χ0n) is 21.5. The molecule has 0 N–H and O–H groups in total. The van der Waals surface area contributed by atoms with Crippen LogP contribution >= 0.6 is 22.9 Å². The number of carbonyl (C=O) groups is 1. The number of halogens is 2. The molecular formula is C31H24ClFN2O4S. The quantitative estimate of drug-likeness (QED) is 0.212. The number of carbonyl (C=O) groups excluding carboxylic acids is 1. The van der Waals surface area contributed by atoms with Crippen molar-refractivity contribution in [2.24, 2.45) is 4.99 Å². The maximum Gasteiger partial charge on any atom is 0.338 e. The molecule has 5 rings (SSSR count). The van der Waals surface area contributed by atoms with E-state index in [2.05, 4.69) is 6.58 Å². The molecular weight excluding hydrogens is 551 g/mol. The first kappa shape index (κ1) is 27.3. The third kappa shape index (κ3) is 5.41. The first-order valence-corrected chi connectivity index (χ1v) is 13.7. The van der Waals surface area contributed by atoms with E-state index in [1.165, 1.54) is 28.0 Å². The zero-order chi connectivity index (χ0) is 28.2. The van der Waals surface area contributed by atoms with Gasteiger partial charge >= 0.3 is 5.97 Å². The van der Waals surface area contributed by atoms with Crippen LogP contribution in [-0.2, 0) is 9.53 Å². The highest BCUT2D eigenvalue weighted by Crippen LogP contribution is 2.35. The van der Waals surface area contributed by atoms with Crippen LogP contribution in [0.2, 0.25) is 5.02 Å². The van der Waals surface area contributed by atoms with E-state index in [-0.39, 0.29) is 24.3 Å². The van der Waals surface area contributed by atoms with Crippen molar-refractivity contribution in [3.8, 4) is 5.75 Å². The van der Waals surface area contributed by atoms with Crippen molar-refractivity contribution >= 4 is 40.7 Å². The summed E-state index contributed by atoms with van der Waals surface area (Å²) in [6, 6.07) is 19.2. The van der Waals surface area contributed by atoms with Crippen molar-refractivity contribution in [2.45, 2.75) is 13.0 Å². The first-order valence-electron chi connectivity index (χ1n) is 12.5. The number of rotatable bonds is 8. The molecule has 6 nitrogen and oxygen atoms in total. The van der Waals surface area contributed by atoms with Gasteiger partial charge in [0, 0.05) is 16.1 Å².